The Morgan fingerprint density at radius 3 is 0.396 bits per heavy atom. The Morgan fingerprint density at radius 2 is 0.222 bits per heavy atom. The molecule has 24 aromatic carbocycles. The van der Waals surface area contributed by atoms with Gasteiger partial charge in [-0.3, -0.25) is 0 Å². The third-order valence-corrected chi connectivity index (χ3v) is 49.1. The number of hydrogen-bond donors (Lipinski definition) is 0. The molecule has 0 heterocycles. The lowest BCUT2D eigenvalue weighted by Crippen LogP contribution is -2.74. The predicted octanol–water partition coefficient (Wildman–Crippen LogP) is 24.3. The van der Waals surface area contributed by atoms with Crippen molar-refractivity contribution >= 4 is 182 Å². The van der Waals surface area contributed by atoms with Gasteiger partial charge in [0, 0.05) is 34.1 Å². The molecule has 0 aliphatic carbocycles. The maximum Gasteiger partial charge on any atom is 0.179 e. The molecule has 0 bridgehead atoms. The largest absolute Gasteiger partial charge is 0.311 e. The van der Waals surface area contributed by atoms with E-state index in [0.717, 1.165) is 67.5 Å². The van der Waals surface area contributed by atoms with Gasteiger partial charge in [0.05, 0.1) is 0 Å². The molecule has 144 heavy (non-hydrogen) atoms. The van der Waals surface area contributed by atoms with E-state index < -0.39 is 32.3 Å². The zero-order valence-corrected chi connectivity index (χ0v) is 83.8. The molecular weight excluding hydrogens is 1800 g/mol. The molecule has 24 rings (SSSR count). The zero-order chi connectivity index (χ0) is 96.1. The molecule has 6 heteroatoms. The minimum absolute atomic E-state index is 1.05. The third kappa shape index (κ3) is 16.0. The second-order valence-corrected chi connectivity index (χ2v) is 52.8. The molecule has 0 aliphatic heterocycles. The van der Waals surface area contributed by atoms with Gasteiger partial charge in [-0.15, -0.1) is 0 Å². The quantitative estimate of drug-likeness (QED) is 0.0303. The van der Waals surface area contributed by atoms with E-state index in [1.807, 2.05) is 0 Å². The summed E-state index contributed by atoms with van der Waals surface area (Å²) in [5.74, 6) is 0. The molecule has 0 radical (unpaired) electrons. The molecule has 0 aromatic heterocycles. The fraction of sp³-hybridized carbons (Fsp3) is 0. The lowest BCUT2D eigenvalue weighted by Gasteiger charge is -2.35. The summed E-state index contributed by atoms with van der Waals surface area (Å²) in [6.45, 7) is 0. The van der Waals surface area contributed by atoms with E-state index in [1.165, 1.54) is 126 Å². The summed E-state index contributed by atoms with van der Waals surface area (Å²) in [4.78, 5) is 4.88. The normalized spacial score (nSPS) is 11.8. The number of fused-ring (bicyclic) bond motifs is 5. The van der Waals surface area contributed by atoms with E-state index >= 15 is 0 Å². The minimum Gasteiger partial charge on any atom is -0.311 e. The van der Waals surface area contributed by atoms with Crippen LogP contribution in [0.15, 0.2) is 619 Å². The van der Waals surface area contributed by atoms with Crippen molar-refractivity contribution in [2.24, 2.45) is 0 Å². The first-order valence-electron chi connectivity index (χ1n) is 49.9. The smallest absolute Gasteiger partial charge is 0.179 e. The first-order chi connectivity index (χ1) is 71.4. The van der Waals surface area contributed by atoms with Crippen molar-refractivity contribution in [1.82, 2.24) is 0 Å². The summed E-state index contributed by atoms with van der Waals surface area (Å²) < 4.78 is 0. The van der Waals surface area contributed by atoms with Crippen LogP contribution in [0.4, 0.5) is 34.1 Å². The van der Waals surface area contributed by atoms with Crippen molar-refractivity contribution in [3.63, 3.8) is 0 Å². The number of rotatable bonds is 26. The van der Waals surface area contributed by atoms with E-state index in [9.17, 15) is 0 Å². The van der Waals surface area contributed by atoms with Crippen LogP contribution in [-0.2, 0) is 0 Å². The Balaban J connectivity index is 0.596. The predicted molar refractivity (Wildman–Crippen MR) is 625 cm³/mol. The first kappa shape index (κ1) is 89.2. The molecule has 0 N–H and O–H groups in total. The highest BCUT2D eigenvalue weighted by molar-refractivity contribution is 7.22. The number of benzene rings is 24. The molecule has 24 aromatic rings. The van der Waals surface area contributed by atoms with Crippen LogP contribution in [0.2, 0.25) is 0 Å². The van der Waals surface area contributed by atoms with E-state index in [-0.39, 0.29) is 0 Å². The Hall–Kier alpha value is -17.5. The van der Waals surface area contributed by atoms with Crippen LogP contribution in [0.3, 0.4) is 0 Å². The molecule has 0 fully saturated rings. The molecule has 0 saturated heterocycles. The summed E-state index contributed by atoms with van der Waals surface area (Å²) in [5, 5.41) is 28.7. The van der Waals surface area contributed by atoms with Gasteiger partial charge < -0.3 is 9.80 Å². The van der Waals surface area contributed by atoms with Crippen LogP contribution in [0, 0.1) is 0 Å². The monoisotopic (exact) mass is 1900 g/mol. The molecule has 0 saturated carbocycles. The highest BCUT2D eigenvalue weighted by Gasteiger charge is 2.46. The minimum atomic E-state index is -2.86. The van der Waals surface area contributed by atoms with Crippen molar-refractivity contribution in [2.45, 2.75) is 0 Å². The third-order valence-electron chi connectivity index (χ3n) is 29.9. The van der Waals surface area contributed by atoms with Crippen molar-refractivity contribution in [3.05, 3.63) is 619 Å². The SMILES string of the molecule is c1ccc([Si](c2ccccc2)(c2ccccc2)c2ccc(-c3ccc(N(c4ccc(-c5cc6c7ccccc7c(-c7ccc(N(c8ccc(-c9ccc([Si](c%10ccccc%10)(c%10ccccc%10)c%10ccccc%10)cc9)cc8)c8ccc([Si](c9ccccc9)(c9ccccc9)c9ccccc9)cc8)cc7)cc6c6ccccc56)cc4)c4ccc([Si](c5ccccc5)(c5ccccc5)c5ccccc5)cc4)cc3)cc2)cc1. The molecule has 2 nitrogen and oxygen atoms in total. The molecular formula is C138H102N2Si4. The number of hydrogen-bond acceptors (Lipinski definition) is 2. The van der Waals surface area contributed by atoms with Crippen molar-refractivity contribution in [2.75, 3.05) is 9.80 Å². The van der Waals surface area contributed by atoms with Crippen LogP contribution in [0.25, 0.3) is 76.8 Å². The summed E-state index contributed by atoms with van der Waals surface area (Å²) in [6, 6.07) is 233. The van der Waals surface area contributed by atoms with Crippen molar-refractivity contribution in [1.29, 1.82) is 0 Å². The van der Waals surface area contributed by atoms with Gasteiger partial charge in [-0.1, -0.05) is 534 Å². The maximum atomic E-state index is 2.46. The van der Waals surface area contributed by atoms with Gasteiger partial charge in [0.25, 0.3) is 0 Å². The summed E-state index contributed by atoms with van der Waals surface area (Å²) in [7, 11) is -11.2. The zero-order valence-electron chi connectivity index (χ0n) is 79.8. The van der Waals surface area contributed by atoms with Gasteiger partial charge in [-0.25, -0.2) is 0 Å². The van der Waals surface area contributed by atoms with Crippen molar-refractivity contribution in [3.8, 4) is 44.5 Å². The molecule has 0 amide bonds. The second-order valence-electron chi connectivity index (χ2n) is 37.5. The lowest BCUT2D eigenvalue weighted by molar-refractivity contribution is 1.28. The highest BCUT2D eigenvalue weighted by Crippen LogP contribution is 2.45. The second kappa shape index (κ2) is 39.3. The van der Waals surface area contributed by atoms with Gasteiger partial charge in [-0.2, -0.15) is 0 Å². The van der Waals surface area contributed by atoms with Crippen LogP contribution in [-0.4, -0.2) is 32.3 Å². The van der Waals surface area contributed by atoms with E-state index in [4.69, 9.17) is 0 Å². The maximum absolute atomic E-state index is 2.86. The van der Waals surface area contributed by atoms with Crippen molar-refractivity contribution < 1.29 is 0 Å². The fourth-order valence-corrected chi connectivity index (χ4v) is 42.3. The summed E-state index contributed by atoms with van der Waals surface area (Å²) >= 11 is 0. The fourth-order valence-electron chi connectivity index (χ4n) is 23.3. The van der Waals surface area contributed by atoms with Gasteiger partial charge in [-0.05, 0) is 245 Å². The van der Waals surface area contributed by atoms with Gasteiger partial charge in [0.1, 0.15) is 0 Å². The van der Waals surface area contributed by atoms with Gasteiger partial charge in [0.15, 0.2) is 32.3 Å². The van der Waals surface area contributed by atoms with Gasteiger partial charge >= 0.3 is 0 Å². The summed E-state index contributed by atoms with van der Waals surface area (Å²) in [6.07, 6.45) is 0. The van der Waals surface area contributed by atoms with E-state index in [2.05, 4.69) is 629 Å². The van der Waals surface area contributed by atoms with Crippen LogP contribution in [0.1, 0.15) is 0 Å². The van der Waals surface area contributed by atoms with E-state index in [0.29, 0.717) is 0 Å². The summed E-state index contributed by atoms with van der Waals surface area (Å²) in [5.41, 5.74) is 15.6. The Kier molecular flexibility index (Phi) is 24.3. The molecule has 0 unspecified atom stereocenters. The Morgan fingerprint density at radius 1 is 0.0972 bits per heavy atom. The number of anilines is 6. The molecule has 680 valence electrons. The average molecular weight is 1900 g/mol. The Labute approximate surface area is 848 Å². The molecule has 0 atom stereocenters. The first-order valence-corrected chi connectivity index (χ1v) is 57.9. The van der Waals surface area contributed by atoms with Crippen LogP contribution < -0.4 is 92.8 Å². The molecule has 0 spiro atoms. The Bertz CT molecular complexity index is 7640. The van der Waals surface area contributed by atoms with Gasteiger partial charge in [0.2, 0.25) is 0 Å². The standard InChI is InChI=1S/C138H102N2Si4/c1-13-41-115(42-14-1)141(116-43-15-2-16-44-116,117-45-17-3-18-46-117)127-93-77-105(78-94-127)103-69-81-109(82-70-103)139(113-89-97-129(98-90-113)143(121-53-25-7-26-54-121,122-55-27-8-28-56-122)123-57-29-9-30-58-123)111-85-73-107(74-86-111)135-101-137-134-68-40-38-66-132(134)136(102-138(137)133-67-39-37-65-131(133)135)108-75-87-112(88-76-108)140(114-91-99-130(100-92-114)144(124-59-31-10-32-60-124,125-61-33-11-34-62-125)126-63-35-12-36-64-126)110-83-71-104(72-84-110)106-79-95-128(96-80-106)142(118-47-19-4-20-48-118,119-49-21-5-22-50-119)120-51-23-6-24-52-120/h1-102H. The lowest BCUT2D eigenvalue weighted by atomic mass is 9.87. The number of nitrogens with zero attached hydrogens (tertiary/aromatic N) is 2. The van der Waals surface area contributed by atoms with E-state index in [1.54, 1.807) is 0 Å². The topological polar surface area (TPSA) is 6.48 Å². The molecule has 0 aliphatic rings. The average Bonchev–Trinajstić information content (AvgIpc) is 0.742. The van der Waals surface area contributed by atoms with Crippen LogP contribution >= 0.6 is 0 Å². The highest BCUT2D eigenvalue weighted by atomic mass is 28.3. The van der Waals surface area contributed by atoms with Crippen LogP contribution in [0.5, 0.6) is 0 Å².